The number of pyridine rings is 1. The van der Waals surface area contributed by atoms with Gasteiger partial charge in [0.2, 0.25) is 0 Å². The summed E-state index contributed by atoms with van der Waals surface area (Å²) >= 11 is 6.15. The molecule has 3 aromatic rings. The van der Waals surface area contributed by atoms with Gasteiger partial charge in [-0.2, -0.15) is 0 Å². The summed E-state index contributed by atoms with van der Waals surface area (Å²) in [5.41, 5.74) is 9.16. The van der Waals surface area contributed by atoms with E-state index in [1.165, 1.54) is 0 Å². The van der Waals surface area contributed by atoms with Crippen LogP contribution in [0.5, 0.6) is 0 Å². The van der Waals surface area contributed by atoms with Crippen molar-refractivity contribution in [2.75, 3.05) is 11.1 Å². The van der Waals surface area contributed by atoms with E-state index in [0.717, 1.165) is 22.3 Å². The van der Waals surface area contributed by atoms with Gasteiger partial charge in [-0.1, -0.05) is 23.7 Å². The van der Waals surface area contributed by atoms with Crippen molar-refractivity contribution < 1.29 is 0 Å². The molecule has 0 saturated heterocycles. The maximum absolute atomic E-state index is 6.15. The van der Waals surface area contributed by atoms with E-state index in [9.17, 15) is 0 Å². The predicted molar refractivity (Wildman–Crippen MR) is 80.9 cm³/mol. The number of para-hydroxylation sites is 1. The Hall–Kier alpha value is -2.26. The van der Waals surface area contributed by atoms with Gasteiger partial charge in [0.15, 0.2) is 0 Å². The molecule has 0 bridgehead atoms. The number of fused-ring (bicyclic) bond motifs is 1. The fourth-order valence-electron chi connectivity index (χ4n) is 1.98. The quantitative estimate of drug-likeness (QED) is 0.685. The van der Waals surface area contributed by atoms with Gasteiger partial charge in [-0.15, -0.1) is 0 Å². The molecule has 0 unspecified atom stereocenters. The maximum atomic E-state index is 6.15. The largest absolute Gasteiger partial charge is 0.399 e. The highest BCUT2D eigenvalue weighted by Crippen LogP contribution is 2.29. The first kappa shape index (κ1) is 11.8. The van der Waals surface area contributed by atoms with Crippen LogP contribution in [0.2, 0.25) is 5.02 Å². The van der Waals surface area contributed by atoms with Crippen LogP contribution in [0.15, 0.2) is 54.7 Å². The van der Waals surface area contributed by atoms with Gasteiger partial charge in [-0.05, 0) is 36.4 Å². The van der Waals surface area contributed by atoms with Gasteiger partial charge in [0.25, 0.3) is 0 Å². The van der Waals surface area contributed by atoms with Crippen LogP contribution in [-0.4, -0.2) is 4.98 Å². The average Bonchev–Trinajstić information content (AvgIpc) is 2.41. The number of nitrogens with zero attached hydrogens (tertiary/aromatic N) is 1. The van der Waals surface area contributed by atoms with Crippen molar-refractivity contribution in [3.8, 4) is 0 Å². The Labute approximate surface area is 116 Å². The molecule has 3 rings (SSSR count). The van der Waals surface area contributed by atoms with Crippen molar-refractivity contribution in [1.29, 1.82) is 0 Å². The Morgan fingerprint density at radius 3 is 2.68 bits per heavy atom. The standard InChI is InChI=1S/C15H12ClN3/c16-12-3-1-2-4-14(12)19-13-7-8-18-15-9-10(17)5-6-11(13)15/h1-9H,17H2,(H,18,19). The lowest BCUT2D eigenvalue weighted by atomic mass is 10.1. The third-order valence-electron chi connectivity index (χ3n) is 2.91. The number of anilines is 3. The molecule has 4 heteroatoms. The molecule has 2 aromatic carbocycles. The van der Waals surface area contributed by atoms with E-state index in [0.29, 0.717) is 10.7 Å². The number of benzene rings is 2. The van der Waals surface area contributed by atoms with Crippen LogP contribution in [0.25, 0.3) is 10.9 Å². The van der Waals surface area contributed by atoms with Crippen molar-refractivity contribution in [2.24, 2.45) is 0 Å². The zero-order chi connectivity index (χ0) is 13.2. The predicted octanol–water partition coefficient (Wildman–Crippen LogP) is 4.21. The number of aromatic nitrogens is 1. The van der Waals surface area contributed by atoms with Crippen molar-refractivity contribution in [3.63, 3.8) is 0 Å². The Bertz CT molecular complexity index is 740. The number of halogens is 1. The third-order valence-corrected chi connectivity index (χ3v) is 3.24. The minimum Gasteiger partial charge on any atom is -0.399 e. The zero-order valence-electron chi connectivity index (χ0n) is 10.1. The average molecular weight is 270 g/mol. The maximum Gasteiger partial charge on any atom is 0.0743 e. The monoisotopic (exact) mass is 269 g/mol. The summed E-state index contributed by atoms with van der Waals surface area (Å²) in [4.78, 5) is 4.31. The Balaban J connectivity index is 2.09. The topological polar surface area (TPSA) is 50.9 Å². The molecule has 0 saturated carbocycles. The van der Waals surface area contributed by atoms with Crippen LogP contribution < -0.4 is 11.1 Å². The zero-order valence-corrected chi connectivity index (χ0v) is 10.9. The molecule has 94 valence electrons. The molecule has 0 amide bonds. The normalized spacial score (nSPS) is 10.6. The number of nitrogens with two attached hydrogens (primary N) is 1. The number of rotatable bonds is 2. The summed E-state index contributed by atoms with van der Waals surface area (Å²) in [5, 5.41) is 5.02. The van der Waals surface area contributed by atoms with Gasteiger partial charge in [-0.25, -0.2) is 0 Å². The van der Waals surface area contributed by atoms with E-state index in [4.69, 9.17) is 17.3 Å². The summed E-state index contributed by atoms with van der Waals surface area (Å²) in [6.07, 6.45) is 1.75. The number of nitrogen functional groups attached to an aromatic ring is 1. The fourth-order valence-corrected chi connectivity index (χ4v) is 2.16. The van der Waals surface area contributed by atoms with E-state index in [1.807, 2.05) is 48.5 Å². The first-order valence-corrected chi connectivity index (χ1v) is 6.27. The molecule has 0 radical (unpaired) electrons. The number of hydrogen-bond acceptors (Lipinski definition) is 3. The molecule has 0 aliphatic heterocycles. The molecule has 0 spiro atoms. The second-order valence-electron chi connectivity index (χ2n) is 4.24. The van der Waals surface area contributed by atoms with Gasteiger partial charge >= 0.3 is 0 Å². The molecule has 19 heavy (non-hydrogen) atoms. The van der Waals surface area contributed by atoms with Crippen LogP contribution in [0.3, 0.4) is 0 Å². The molecule has 0 aliphatic rings. The Morgan fingerprint density at radius 1 is 1.00 bits per heavy atom. The number of nitrogens with one attached hydrogen (secondary N) is 1. The van der Waals surface area contributed by atoms with E-state index < -0.39 is 0 Å². The van der Waals surface area contributed by atoms with Crippen molar-refractivity contribution >= 4 is 39.6 Å². The van der Waals surface area contributed by atoms with Crippen LogP contribution in [0, 0.1) is 0 Å². The van der Waals surface area contributed by atoms with Crippen molar-refractivity contribution in [1.82, 2.24) is 4.98 Å². The van der Waals surface area contributed by atoms with E-state index >= 15 is 0 Å². The van der Waals surface area contributed by atoms with E-state index in [-0.39, 0.29) is 0 Å². The van der Waals surface area contributed by atoms with Gasteiger partial charge < -0.3 is 11.1 Å². The summed E-state index contributed by atoms with van der Waals surface area (Å²) in [7, 11) is 0. The highest BCUT2D eigenvalue weighted by atomic mass is 35.5. The van der Waals surface area contributed by atoms with Crippen molar-refractivity contribution in [2.45, 2.75) is 0 Å². The lowest BCUT2D eigenvalue weighted by Gasteiger charge is -2.11. The molecule has 0 aliphatic carbocycles. The van der Waals surface area contributed by atoms with E-state index in [1.54, 1.807) is 6.20 Å². The first-order valence-electron chi connectivity index (χ1n) is 5.90. The molecule has 0 fully saturated rings. The van der Waals surface area contributed by atoms with Gasteiger partial charge in [0.1, 0.15) is 0 Å². The lowest BCUT2D eigenvalue weighted by molar-refractivity contribution is 1.40. The Morgan fingerprint density at radius 2 is 1.84 bits per heavy atom. The second kappa shape index (κ2) is 4.78. The number of hydrogen-bond donors (Lipinski definition) is 2. The molecule has 0 atom stereocenters. The SMILES string of the molecule is Nc1ccc2c(Nc3ccccc3Cl)ccnc2c1. The van der Waals surface area contributed by atoms with Gasteiger partial charge in [0.05, 0.1) is 16.2 Å². The summed E-state index contributed by atoms with van der Waals surface area (Å²) in [5.74, 6) is 0. The molecular formula is C15H12ClN3. The fraction of sp³-hybridized carbons (Fsp3) is 0. The first-order chi connectivity index (χ1) is 9.24. The third kappa shape index (κ3) is 2.33. The summed E-state index contributed by atoms with van der Waals surface area (Å²) < 4.78 is 0. The van der Waals surface area contributed by atoms with Gasteiger partial charge in [-0.3, -0.25) is 4.98 Å². The van der Waals surface area contributed by atoms with Crippen LogP contribution in [-0.2, 0) is 0 Å². The molecule has 1 aromatic heterocycles. The molecule has 3 nitrogen and oxygen atoms in total. The van der Waals surface area contributed by atoms with Crippen LogP contribution in [0.4, 0.5) is 17.1 Å². The van der Waals surface area contributed by atoms with Crippen LogP contribution >= 0.6 is 11.6 Å². The highest BCUT2D eigenvalue weighted by molar-refractivity contribution is 6.33. The minimum absolute atomic E-state index is 0.683. The summed E-state index contributed by atoms with van der Waals surface area (Å²) in [6.45, 7) is 0. The summed E-state index contributed by atoms with van der Waals surface area (Å²) in [6, 6.07) is 15.2. The second-order valence-corrected chi connectivity index (χ2v) is 4.65. The van der Waals surface area contributed by atoms with Crippen LogP contribution in [0.1, 0.15) is 0 Å². The smallest absolute Gasteiger partial charge is 0.0743 e. The molecule has 3 N–H and O–H groups in total. The lowest BCUT2D eigenvalue weighted by Crippen LogP contribution is -1.94. The minimum atomic E-state index is 0.683. The Kier molecular flexibility index (Phi) is 2.97. The highest BCUT2D eigenvalue weighted by Gasteiger charge is 2.04. The van der Waals surface area contributed by atoms with Crippen molar-refractivity contribution in [3.05, 3.63) is 59.8 Å². The van der Waals surface area contributed by atoms with E-state index in [2.05, 4.69) is 10.3 Å². The molecule has 1 heterocycles. The van der Waals surface area contributed by atoms with Gasteiger partial charge in [0, 0.05) is 23.0 Å². The molecular weight excluding hydrogens is 258 g/mol.